The molecule has 0 spiro atoms. The van der Waals surface area contributed by atoms with Gasteiger partial charge in [0.2, 0.25) is 0 Å². The third-order valence-corrected chi connectivity index (χ3v) is 5.49. The van der Waals surface area contributed by atoms with E-state index in [1.165, 1.54) is 5.56 Å². The molecule has 0 saturated carbocycles. The van der Waals surface area contributed by atoms with Gasteiger partial charge in [-0.3, -0.25) is 4.79 Å². The number of carbonyl (C=O) groups excluding carboxylic acids is 1. The van der Waals surface area contributed by atoms with Crippen molar-refractivity contribution in [1.82, 2.24) is 25.1 Å². The van der Waals surface area contributed by atoms with Crippen molar-refractivity contribution in [1.29, 1.82) is 0 Å². The van der Waals surface area contributed by atoms with Crippen LogP contribution in [0.3, 0.4) is 0 Å². The SMILES string of the molecule is Cc1ccc(C(=O)NCCn2ncc3c(NC(C)C)nc(SC(C)C)nc32)cc1C. The van der Waals surface area contributed by atoms with Crippen molar-refractivity contribution in [2.75, 3.05) is 11.9 Å². The molecule has 3 rings (SSSR count). The van der Waals surface area contributed by atoms with Gasteiger partial charge in [-0.25, -0.2) is 14.6 Å². The highest BCUT2D eigenvalue weighted by atomic mass is 32.2. The largest absolute Gasteiger partial charge is 0.367 e. The molecule has 0 aliphatic carbocycles. The standard InChI is InChI=1S/C22H30N6OS/c1-13(2)25-19-18-12-24-28(20(18)27-22(26-19)30-14(3)4)10-9-23-21(29)17-8-7-15(5)16(6)11-17/h7-8,11-14H,9-10H2,1-6H3,(H,23,29)(H,25,26,27). The van der Waals surface area contributed by atoms with Crippen LogP contribution in [0, 0.1) is 13.8 Å². The Morgan fingerprint density at radius 2 is 1.90 bits per heavy atom. The van der Waals surface area contributed by atoms with Crippen molar-refractivity contribution in [3.8, 4) is 0 Å². The lowest BCUT2D eigenvalue weighted by atomic mass is 10.1. The topological polar surface area (TPSA) is 84.7 Å². The number of aryl methyl sites for hydroxylation is 2. The van der Waals surface area contributed by atoms with Crippen LogP contribution < -0.4 is 10.6 Å². The minimum absolute atomic E-state index is 0.0811. The lowest BCUT2D eigenvalue weighted by Crippen LogP contribution is -2.27. The van der Waals surface area contributed by atoms with Gasteiger partial charge in [-0.15, -0.1) is 0 Å². The average molecular weight is 427 g/mol. The first-order valence-electron chi connectivity index (χ1n) is 10.3. The molecule has 7 nitrogen and oxygen atoms in total. The number of hydrogen-bond donors (Lipinski definition) is 2. The average Bonchev–Trinajstić information content (AvgIpc) is 3.06. The van der Waals surface area contributed by atoms with Gasteiger partial charge >= 0.3 is 0 Å². The minimum Gasteiger partial charge on any atom is -0.367 e. The molecule has 30 heavy (non-hydrogen) atoms. The van der Waals surface area contributed by atoms with Gasteiger partial charge in [0.1, 0.15) is 5.82 Å². The number of benzene rings is 1. The summed E-state index contributed by atoms with van der Waals surface area (Å²) >= 11 is 1.62. The van der Waals surface area contributed by atoms with Crippen molar-refractivity contribution in [3.63, 3.8) is 0 Å². The zero-order valence-electron chi connectivity index (χ0n) is 18.5. The van der Waals surface area contributed by atoms with E-state index in [0.29, 0.717) is 23.9 Å². The van der Waals surface area contributed by atoms with Gasteiger partial charge in [-0.2, -0.15) is 5.10 Å². The Bertz CT molecular complexity index is 1040. The summed E-state index contributed by atoms with van der Waals surface area (Å²) in [7, 11) is 0. The molecule has 0 bridgehead atoms. The lowest BCUT2D eigenvalue weighted by molar-refractivity contribution is 0.0952. The van der Waals surface area contributed by atoms with Crippen LogP contribution in [-0.4, -0.2) is 43.5 Å². The fourth-order valence-corrected chi connectivity index (χ4v) is 3.71. The van der Waals surface area contributed by atoms with Gasteiger partial charge in [0, 0.05) is 23.4 Å². The van der Waals surface area contributed by atoms with E-state index in [0.717, 1.165) is 27.6 Å². The second kappa shape index (κ2) is 9.47. The van der Waals surface area contributed by atoms with Crippen LogP contribution in [-0.2, 0) is 6.54 Å². The van der Waals surface area contributed by atoms with E-state index in [1.54, 1.807) is 18.0 Å². The van der Waals surface area contributed by atoms with Crippen molar-refractivity contribution in [2.45, 2.75) is 64.5 Å². The third kappa shape index (κ3) is 5.30. The summed E-state index contributed by atoms with van der Waals surface area (Å²) in [5.74, 6) is 0.714. The van der Waals surface area contributed by atoms with E-state index >= 15 is 0 Å². The fourth-order valence-electron chi connectivity index (χ4n) is 3.01. The first-order chi connectivity index (χ1) is 14.2. The summed E-state index contributed by atoms with van der Waals surface area (Å²) in [4.78, 5) is 21.9. The van der Waals surface area contributed by atoms with Gasteiger partial charge in [0.05, 0.1) is 18.1 Å². The molecule has 1 amide bonds. The Kier molecular flexibility index (Phi) is 6.97. The summed E-state index contributed by atoms with van der Waals surface area (Å²) in [5, 5.41) is 12.9. The Morgan fingerprint density at radius 1 is 1.13 bits per heavy atom. The molecule has 0 fully saturated rings. The highest BCUT2D eigenvalue weighted by Crippen LogP contribution is 2.26. The Hall–Kier alpha value is -2.61. The molecule has 160 valence electrons. The van der Waals surface area contributed by atoms with Crippen LogP contribution in [0.5, 0.6) is 0 Å². The summed E-state index contributed by atoms with van der Waals surface area (Å²) in [6, 6.07) is 5.99. The van der Waals surface area contributed by atoms with Crippen molar-refractivity contribution < 1.29 is 4.79 Å². The Morgan fingerprint density at radius 3 is 2.57 bits per heavy atom. The minimum atomic E-state index is -0.0811. The predicted molar refractivity (Wildman–Crippen MR) is 123 cm³/mol. The molecule has 3 aromatic rings. The molecule has 2 heterocycles. The lowest BCUT2D eigenvalue weighted by Gasteiger charge is -2.13. The highest BCUT2D eigenvalue weighted by Gasteiger charge is 2.15. The predicted octanol–water partition coefficient (Wildman–Crippen LogP) is 4.19. The Balaban J connectivity index is 1.76. The van der Waals surface area contributed by atoms with Gasteiger partial charge in [-0.05, 0) is 51.0 Å². The van der Waals surface area contributed by atoms with Crippen LogP contribution in [0.25, 0.3) is 11.0 Å². The molecule has 0 unspecified atom stereocenters. The van der Waals surface area contributed by atoms with E-state index in [9.17, 15) is 4.79 Å². The molecule has 2 aromatic heterocycles. The number of hydrogen-bond acceptors (Lipinski definition) is 6. The van der Waals surface area contributed by atoms with Gasteiger partial charge in [-0.1, -0.05) is 31.7 Å². The second-order valence-electron chi connectivity index (χ2n) is 7.98. The number of thioether (sulfide) groups is 1. The second-order valence-corrected chi connectivity index (χ2v) is 9.52. The van der Waals surface area contributed by atoms with E-state index < -0.39 is 0 Å². The van der Waals surface area contributed by atoms with Crippen molar-refractivity contribution in [2.24, 2.45) is 0 Å². The summed E-state index contributed by atoms with van der Waals surface area (Å²) in [6.45, 7) is 13.4. The van der Waals surface area contributed by atoms with Crippen molar-refractivity contribution in [3.05, 3.63) is 41.1 Å². The maximum atomic E-state index is 12.5. The number of nitrogens with one attached hydrogen (secondary N) is 2. The molecule has 1 aromatic carbocycles. The van der Waals surface area contributed by atoms with Crippen molar-refractivity contribution >= 4 is 34.5 Å². The number of nitrogens with zero attached hydrogens (tertiary/aromatic N) is 4. The van der Waals surface area contributed by atoms with E-state index in [2.05, 4.69) is 48.4 Å². The number of carbonyl (C=O) groups is 1. The number of rotatable bonds is 8. The maximum Gasteiger partial charge on any atom is 0.251 e. The van der Waals surface area contributed by atoms with E-state index in [1.807, 2.05) is 36.7 Å². The molecule has 8 heteroatoms. The van der Waals surface area contributed by atoms with E-state index in [-0.39, 0.29) is 11.9 Å². The third-order valence-electron chi connectivity index (χ3n) is 4.62. The molecule has 0 aliphatic heterocycles. The zero-order chi connectivity index (χ0) is 21.8. The first kappa shape index (κ1) is 22.1. The molecule has 0 aliphatic rings. The number of amides is 1. The first-order valence-corrected chi connectivity index (χ1v) is 11.1. The maximum absolute atomic E-state index is 12.5. The zero-order valence-corrected chi connectivity index (χ0v) is 19.3. The monoisotopic (exact) mass is 426 g/mol. The van der Waals surface area contributed by atoms with Crippen LogP contribution in [0.15, 0.2) is 29.6 Å². The molecular formula is C22H30N6OS. The van der Waals surface area contributed by atoms with Crippen LogP contribution in [0.2, 0.25) is 0 Å². The Labute approximate surface area is 182 Å². The number of fused-ring (bicyclic) bond motifs is 1. The van der Waals surface area contributed by atoms with Gasteiger partial charge in [0.25, 0.3) is 5.91 Å². The van der Waals surface area contributed by atoms with Gasteiger partial charge < -0.3 is 10.6 Å². The number of anilines is 1. The fraction of sp³-hybridized carbons (Fsp3) is 0.455. The van der Waals surface area contributed by atoms with Crippen LogP contribution in [0.1, 0.15) is 49.2 Å². The number of aromatic nitrogens is 4. The van der Waals surface area contributed by atoms with E-state index in [4.69, 9.17) is 4.98 Å². The molecule has 0 atom stereocenters. The molecule has 2 N–H and O–H groups in total. The summed E-state index contributed by atoms with van der Waals surface area (Å²) in [5.41, 5.74) is 3.73. The smallest absolute Gasteiger partial charge is 0.251 e. The summed E-state index contributed by atoms with van der Waals surface area (Å²) < 4.78 is 1.83. The normalized spacial score (nSPS) is 11.5. The quantitative estimate of drug-likeness (QED) is 0.415. The molecule has 0 saturated heterocycles. The van der Waals surface area contributed by atoms with Gasteiger partial charge in [0.15, 0.2) is 10.8 Å². The molecule has 0 radical (unpaired) electrons. The highest BCUT2D eigenvalue weighted by molar-refractivity contribution is 7.99. The van der Waals surface area contributed by atoms with Crippen LogP contribution in [0.4, 0.5) is 5.82 Å². The summed E-state index contributed by atoms with van der Waals surface area (Å²) in [6.07, 6.45) is 1.79. The van der Waals surface area contributed by atoms with Crippen LogP contribution >= 0.6 is 11.8 Å². The molecular weight excluding hydrogens is 396 g/mol.